The predicted molar refractivity (Wildman–Crippen MR) is 163 cm³/mol. The number of halogens is 2. The summed E-state index contributed by atoms with van der Waals surface area (Å²) in [7, 11) is 10.5. The topological polar surface area (TPSA) is 0 Å². The maximum atomic E-state index is 4.89. The molecule has 0 unspecified atom stereocenters. The average molecular weight is 573 g/mol. The van der Waals surface area contributed by atoms with Crippen molar-refractivity contribution in [3.05, 3.63) is 108 Å². The van der Waals surface area contributed by atoms with Crippen LogP contribution in [0.3, 0.4) is 0 Å². The summed E-state index contributed by atoms with van der Waals surface area (Å²) in [4.78, 5) is 0. The van der Waals surface area contributed by atoms with Gasteiger partial charge in [0, 0.05) is 9.52 Å². The summed E-state index contributed by atoms with van der Waals surface area (Å²) in [6.07, 6.45) is 0. The number of hydrogen-bond acceptors (Lipinski definition) is 0. The van der Waals surface area contributed by atoms with Crippen LogP contribution in [-0.2, 0) is 27.9 Å². The Morgan fingerprint density at radius 3 is 1.08 bits per heavy atom. The molecule has 0 aliphatic heterocycles. The van der Waals surface area contributed by atoms with Gasteiger partial charge in [0.25, 0.3) is 0 Å². The molecule has 0 N–H and O–H groups in total. The first kappa shape index (κ1) is 32.7. The molecule has 0 saturated carbocycles. The molecule has 4 aromatic carbocycles. The number of rotatable bonds is 2. The zero-order chi connectivity index (χ0) is 27.2. The summed E-state index contributed by atoms with van der Waals surface area (Å²) < 4.78 is 0. The standard InChI is InChI=1S/2C15H17.C2H7Si.2ClH.Ti/c2*1-15(2,3)14-10-9-13(11-14)12-7-5-4-6-8-12;1-3-2;;;/h2*4-11H,1-3H3;3H,1-2H3;2*1H;/q2*-1;;;;+2/p-2. The van der Waals surface area contributed by atoms with Crippen molar-refractivity contribution in [3.8, 4) is 22.3 Å². The van der Waals surface area contributed by atoms with E-state index in [9.17, 15) is 0 Å². The Morgan fingerprint density at radius 2 is 0.861 bits per heavy atom. The van der Waals surface area contributed by atoms with Gasteiger partial charge in [0.2, 0.25) is 0 Å². The van der Waals surface area contributed by atoms with Gasteiger partial charge in [-0.25, -0.2) is 12.1 Å². The van der Waals surface area contributed by atoms with E-state index >= 15 is 0 Å². The van der Waals surface area contributed by atoms with Crippen LogP contribution in [0.25, 0.3) is 22.3 Å². The van der Waals surface area contributed by atoms with Crippen molar-refractivity contribution < 1.29 is 17.0 Å². The second kappa shape index (κ2) is 16.5. The maximum absolute atomic E-state index is 4.89. The molecule has 36 heavy (non-hydrogen) atoms. The van der Waals surface area contributed by atoms with Gasteiger partial charge < -0.3 is 0 Å². The molecule has 4 heteroatoms. The van der Waals surface area contributed by atoms with E-state index in [1.54, 1.807) is 0 Å². The Hall–Kier alpha value is -1.35. The molecule has 4 rings (SSSR count). The molecule has 0 atom stereocenters. The molecule has 0 heterocycles. The first-order chi connectivity index (χ1) is 17.0. The van der Waals surface area contributed by atoms with Crippen LogP contribution in [0.5, 0.6) is 0 Å². The summed E-state index contributed by atoms with van der Waals surface area (Å²) >= 11 is -0.556. The molecule has 1 radical (unpaired) electrons. The Morgan fingerprint density at radius 1 is 0.583 bits per heavy atom. The minimum atomic E-state index is -0.556. The molecule has 0 nitrogen and oxygen atoms in total. The van der Waals surface area contributed by atoms with Crippen molar-refractivity contribution in [3.63, 3.8) is 0 Å². The SMILES string of the molecule is CC(C)(C)c1cc(-c2ccccc2)c[cH-]1.CC(C)(C)c1cc(-c2ccccc2)c[cH-]1.C[SiH]C.[Cl][Ti][Cl]. The Balaban J connectivity index is 0.000000296. The summed E-state index contributed by atoms with van der Waals surface area (Å²) in [5.74, 6) is 0. The fraction of sp³-hybridized carbons (Fsp3) is 0.312. The molecular formula is C32H41Cl2SiTi-2. The Bertz CT molecular complexity index is 995. The minimum absolute atomic E-state index is 0.243. The first-order valence-corrected chi connectivity index (χ1v) is 18.9. The van der Waals surface area contributed by atoms with Crippen LogP contribution in [0, 0.1) is 0 Å². The Labute approximate surface area is 239 Å². The third kappa shape index (κ3) is 11.8. The van der Waals surface area contributed by atoms with E-state index in [1.807, 2.05) is 0 Å². The van der Waals surface area contributed by atoms with Gasteiger partial charge in [-0.15, -0.1) is 0 Å². The number of hydrogen-bond donors (Lipinski definition) is 0. The van der Waals surface area contributed by atoms with E-state index in [1.165, 1.54) is 33.4 Å². The molecule has 0 aliphatic carbocycles. The summed E-state index contributed by atoms with van der Waals surface area (Å²) in [5, 5.41) is 0. The van der Waals surface area contributed by atoms with E-state index in [2.05, 4.69) is 152 Å². The summed E-state index contributed by atoms with van der Waals surface area (Å²) in [6.45, 7) is 17.9. The molecule has 4 aromatic rings. The van der Waals surface area contributed by atoms with E-state index < -0.39 is 17.0 Å². The quantitative estimate of drug-likeness (QED) is 0.166. The normalized spacial score (nSPS) is 10.6. The van der Waals surface area contributed by atoms with Gasteiger partial charge in [-0.3, -0.25) is 0 Å². The average Bonchev–Trinajstić information content (AvgIpc) is 3.52. The van der Waals surface area contributed by atoms with Crippen LogP contribution in [0.4, 0.5) is 0 Å². The van der Waals surface area contributed by atoms with Crippen molar-refractivity contribution >= 4 is 28.1 Å². The van der Waals surface area contributed by atoms with Gasteiger partial charge in [-0.05, 0) is 10.8 Å². The van der Waals surface area contributed by atoms with E-state index in [0.29, 0.717) is 0 Å². The zero-order valence-electron chi connectivity index (χ0n) is 23.1. The van der Waals surface area contributed by atoms with Gasteiger partial charge in [0.1, 0.15) is 0 Å². The molecule has 0 saturated heterocycles. The molecule has 0 bridgehead atoms. The Kier molecular flexibility index (Phi) is 15.0. The molecule has 0 aromatic heterocycles. The van der Waals surface area contributed by atoms with Crippen molar-refractivity contribution in [2.45, 2.75) is 65.5 Å². The van der Waals surface area contributed by atoms with Crippen LogP contribution in [-0.4, -0.2) is 9.52 Å². The van der Waals surface area contributed by atoms with Crippen LogP contribution in [0.1, 0.15) is 52.7 Å². The molecule has 0 spiro atoms. The van der Waals surface area contributed by atoms with Gasteiger partial charge in [0.05, 0.1) is 0 Å². The molecule has 0 aliphatic rings. The van der Waals surface area contributed by atoms with Gasteiger partial charge in [0.15, 0.2) is 0 Å². The van der Waals surface area contributed by atoms with E-state index in [0.717, 1.165) is 9.52 Å². The van der Waals surface area contributed by atoms with E-state index in [4.69, 9.17) is 18.6 Å². The van der Waals surface area contributed by atoms with Gasteiger partial charge >= 0.3 is 35.6 Å². The first-order valence-electron chi connectivity index (χ1n) is 12.3. The van der Waals surface area contributed by atoms with Crippen molar-refractivity contribution in [2.24, 2.45) is 0 Å². The van der Waals surface area contributed by atoms with E-state index in [-0.39, 0.29) is 10.8 Å². The second-order valence-electron chi connectivity index (χ2n) is 10.7. The number of benzene rings is 2. The molecule has 193 valence electrons. The third-order valence-electron chi connectivity index (χ3n) is 5.45. The monoisotopic (exact) mass is 571 g/mol. The molecular weight excluding hydrogens is 531 g/mol. The van der Waals surface area contributed by atoms with Crippen LogP contribution in [0.15, 0.2) is 97.1 Å². The summed E-state index contributed by atoms with van der Waals surface area (Å²) in [5.41, 5.74) is 8.53. The van der Waals surface area contributed by atoms with Crippen LogP contribution >= 0.6 is 18.6 Å². The van der Waals surface area contributed by atoms with Crippen LogP contribution < -0.4 is 0 Å². The van der Waals surface area contributed by atoms with Gasteiger partial charge in [-0.1, -0.05) is 126 Å². The van der Waals surface area contributed by atoms with Gasteiger partial charge in [-0.2, -0.15) is 46.5 Å². The molecule has 0 amide bonds. The predicted octanol–water partition coefficient (Wildman–Crippen LogP) is 10.6. The van der Waals surface area contributed by atoms with Crippen molar-refractivity contribution in [1.29, 1.82) is 0 Å². The summed E-state index contributed by atoms with van der Waals surface area (Å²) in [6, 6.07) is 34.5. The fourth-order valence-corrected chi connectivity index (χ4v) is 3.44. The van der Waals surface area contributed by atoms with Crippen molar-refractivity contribution in [2.75, 3.05) is 0 Å². The molecule has 0 fully saturated rings. The van der Waals surface area contributed by atoms with Crippen molar-refractivity contribution in [1.82, 2.24) is 0 Å². The van der Waals surface area contributed by atoms with Crippen LogP contribution in [0.2, 0.25) is 13.1 Å². The second-order valence-corrected chi connectivity index (χ2v) is 14.4. The zero-order valence-corrected chi connectivity index (χ0v) is 27.3. The third-order valence-corrected chi connectivity index (χ3v) is 5.45. The fourth-order valence-electron chi connectivity index (χ4n) is 3.44.